The summed E-state index contributed by atoms with van der Waals surface area (Å²) >= 11 is 0. The monoisotopic (exact) mass is 301 g/mol. The smallest absolute Gasteiger partial charge is 0.251 e. The van der Waals surface area contributed by atoms with Crippen LogP contribution in [-0.4, -0.2) is 42.3 Å². The summed E-state index contributed by atoms with van der Waals surface area (Å²) < 4.78 is 0. The number of likely N-dealkylation sites (N-methyl/N-ethyl adjacent to an activating group) is 1. The number of nitrogens with zero attached hydrogens (tertiary/aromatic N) is 1. The van der Waals surface area contributed by atoms with E-state index in [1.807, 2.05) is 12.1 Å². The molecule has 6 heteroatoms. The maximum Gasteiger partial charge on any atom is 0.251 e. The zero-order valence-electron chi connectivity index (χ0n) is 12.5. The Bertz CT molecular complexity index is 642. The van der Waals surface area contributed by atoms with E-state index < -0.39 is 11.9 Å². The molecule has 0 aliphatic carbocycles. The maximum absolute atomic E-state index is 12.3. The Morgan fingerprint density at radius 1 is 1.27 bits per heavy atom. The van der Waals surface area contributed by atoms with E-state index >= 15 is 0 Å². The number of hydrogen-bond acceptors (Lipinski definition) is 4. The molecule has 1 aromatic rings. The van der Waals surface area contributed by atoms with Crippen LogP contribution in [0.4, 0.5) is 0 Å². The number of carbonyl (C=O) groups is 3. The van der Waals surface area contributed by atoms with Gasteiger partial charge in [0.1, 0.15) is 6.04 Å². The summed E-state index contributed by atoms with van der Waals surface area (Å²) in [6, 6.07) is 5.04. The first-order chi connectivity index (χ1) is 10.5. The summed E-state index contributed by atoms with van der Waals surface area (Å²) in [5.41, 5.74) is 2.99. The molecule has 3 rings (SSSR count). The molecular formula is C16H19N3O3. The van der Waals surface area contributed by atoms with Crippen molar-refractivity contribution in [1.29, 1.82) is 0 Å². The van der Waals surface area contributed by atoms with Gasteiger partial charge in [0.2, 0.25) is 11.8 Å². The minimum absolute atomic E-state index is 0.256. The van der Waals surface area contributed by atoms with E-state index in [4.69, 9.17) is 0 Å². The topological polar surface area (TPSA) is 78.5 Å². The predicted octanol–water partition coefficient (Wildman–Crippen LogP) is 0.210. The van der Waals surface area contributed by atoms with Crippen LogP contribution in [0.3, 0.4) is 0 Å². The zero-order valence-corrected chi connectivity index (χ0v) is 12.5. The molecule has 3 amide bonds. The first-order valence-corrected chi connectivity index (χ1v) is 7.48. The van der Waals surface area contributed by atoms with E-state index in [0.29, 0.717) is 12.0 Å². The molecule has 0 radical (unpaired) electrons. The van der Waals surface area contributed by atoms with Crippen molar-refractivity contribution in [3.63, 3.8) is 0 Å². The molecule has 0 aromatic heterocycles. The summed E-state index contributed by atoms with van der Waals surface area (Å²) in [4.78, 5) is 37.3. The van der Waals surface area contributed by atoms with Crippen LogP contribution in [0, 0.1) is 0 Å². The van der Waals surface area contributed by atoms with Crippen molar-refractivity contribution in [2.45, 2.75) is 31.8 Å². The second-order valence-electron chi connectivity index (χ2n) is 5.95. The third-order valence-electron chi connectivity index (χ3n) is 4.22. The standard InChI is InChI=1S/C16H19N3O3/c1-19-7-6-10-2-3-11(8-12(10)9-19)15(21)17-13-4-5-14(20)18-16(13)22/h2-3,8,13H,4-7,9H2,1H3,(H,17,21)(H,18,20,22). The number of imide groups is 1. The fourth-order valence-electron chi connectivity index (χ4n) is 2.91. The van der Waals surface area contributed by atoms with E-state index in [9.17, 15) is 14.4 Å². The van der Waals surface area contributed by atoms with Gasteiger partial charge in [-0.2, -0.15) is 0 Å². The minimum atomic E-state index is -0.635. The summed E-state index contributed by atoms with van der Waals surface area (Å²) in [6.07, 6.45) is 1.59. The van der Waals surface area contributed by atoms with E-state index in [1.165, 1.54) is 5.56 Å². The number of benzene rings is 1. The van der Waals surface area contributed by atoms with E-state index in [-0.39, 0.29) is 18.2 Å². The molecule has 116 valence electrons. The van der Waals surface area contributed by atoms with Gasteiger partial charge in [0.25, 0.3) is 5.91 Å². The summed E-state index contributed by atoms with van der Waals surface area (Å²) in [6.45, 7) is 1.85. The van der Waals surface area contributed by atoms with Crippen LogP contribution in [0.25, 0.3) is 0 Å². The largest absolute Gasteiger partial charge is 0.340 e. The van der Waals surface area contributed by atoms with Crippen molar-refractivity contribution < 1.29 is 14.4 Å². The van der Waals surface area contributed by atoms with Crippen LogP contribution in [0.2, 0.25) is 0 Å². The normalized spacial score (nSPS) is 22.0. The van der Waals surface area contributed by atoms with E-state index in [0.717, 1.165) is 25.1 Å². The molecule has 1 unspecified atom stereocenters. The highest BCUT2D eigenvalue weighted by Gasteiger charge is 2.28. The van der Waals surface area contributed by atoms with E-state index in [1.54, 1.807) is 6.07 Å². The van der Waals surface area contributed by atoms with Gasteiger partial charge in [-0.15, -0.1) is 0 Å². The number of carbonyl (C=O) groups excluding carboxylic acids is 3. The highest BCUT2D eigenvalue weighted by molar-refractivity contribution is 6.03. The Balaban J connectivity index is 1.71. The molecule has 2 heterocycles. The Morgan fingerprint density at radius 3 is 2.86 bits per heavy atom. The lowest BCUT2D eigenvalue weighted by molar-refractivity contribution is -0.134. The van der Waals surface area contributed by atoms with Crippen molar-refractivity contribution in [1.82, 2.24) is 15.5 Å². The second-order valence-corrected chi connectivity index (χ2v) is 5.95. The molecule has 0 saturated carbocycles. The third-order valence-corrected chi connectivity index (χ3v) is 4.22. The average Bonchev–Trinajstić information content (AvgIpc) is 2.49. The zero-order chi connectivity index (χ0) is 15.7. The van der Waals surface area contributed by atoms with Crippen molar-refractivity contribution >= 4 is 17.7 Å². The fourth-order valence-corrected chi connectivity index (χ4v) is 2.91. The van der Waals surface area contributed by atoms with Crippen LogP contribution in [0.5, 0.6) is 0 Å². The van der Waals surface area contributed by atoms with Gasteiger partial charge in [0.05, 0.1) is 0 Å². The first kappa shape index (κ1) is 14.7. The number of amides is 3. The molecule has 2 aliphatic rings. The fraction of sp³-hybridized carbons (Fsp3) is 0.438. The third kappa shape index (κ3) is 3.01. The lowest BCUT2D eigenvalue weighted by Crippen LogP contribution is -2.52. The number of fused-ring (bicyclic) bond motifs is 1. The minimum Gasteiger partial charge on any atom is -0.340 e. The molecule has 0 spiro atoms. The lowest BCUT2D eigenvalue weighted by atomic mass is 9.97. The number of piperidine rings is 1. The Kier molecular flexibility index (Phi) is 3.94. The Morgan fingerprint density at radius 2 is 2.09 bits per heavy atom. The first-order valence-electron chi connectivity index (χ1n) is 7.48. The van der Waals surface area contributed by atoms with Gasteiger partial charge in [-0.25, -0.2) is 0 Å². The van der Waals surface area contributed by atoms with Gasteiger partial charge in [-0.05, 0) is 43.1 Å². The van der Waals surface area contributed by atoms with Crippen LogP contribution >= 0.6 is 0 Å². The predicted molar refractivity (Wildman–Crippen MR) is 80.1 cm³/mol. The highest BCUT2D eigenvalue weighted by Crippen LogP contribution is 2.19. The number of nitrogens with one attached hydrogen (secondary N) is 2. The van der Waals surface area contributed by atoms with Crippen LogP contribution < -0.4 is 10.6 Å². The van der Waals surface area contributed by atoms with Gasteiger partial charge in [-0.1, -0.05) is 6.07 Å². The van der Waals surface area contributed by atoms with Crippen LogP contribution in [0.15, 0.2) is 18.2 Å². The maximum atomic E-state index is 12.3. The molecule has 1 fully saturated rings. The second kappa shape index (κ2) is 5.88. The number of hydrogen-bond donors (Lipinski definition) is 2. The van der Waals surface area contributed by atoms with Gasteiger partial charge in [0.15, 0.2) is 0 Å². The van der Waals surface area contributed by atoms with Gasteiger partial charge in [-0.3, -0.25) is 19.7 Å². The molecule has 6 nitrogen and oxygen atoms in total. The molecule has 1 saturated heterocycles. The lowest BCUT2D eigenvalue weighted by Gasteiger charge is -2.26. The van der Waals surface area contributed by atoms with Gasteiger partial charge < -0.3 is 10.2 Å². The molecule has 1 aromatic carbocycles. The molecular weight excluding hydrogens is 282 g/mol. The van der Waals surface area contributed by atoms with Crippen molar-refractivity contribution in [2.24, 2.45) is 0 Å². The van der Waals surface area contributed by atoms with Crippen molar-refractivity contribution in [3.8, 4) is 0 Å². The molecule has 22 heavy (non-hydrogen) atoms. The van der Waals surface area contributed by atoms with Gasteiger partial charge in [0, 0.05) is 25.1 Å². The average molecular weight is 301 g/mol. The van der Waals surface area contributed by atoms with Gasteiger partial charge >= 0.3 is 0 Å². The quantitative estimate of drug-likeness (QED) is 0.766. The summed E-state index contributed by atoms with van der Waals surface area (Å²) in [5, 5.41) is 4.95. The SMILES string of the molecule is CN1CCc2ccc(C(=O)NC3CCC(=O)NC3=O)cc2C1. The Labute approximate surface area is 128 Å². The molecule has 2 N–H and O–H groups in total. The summed E-state index contributed by atoms with van der Waals surface area (Å²) in [5.74, 6) is -0.986. The summed E-state index contributed by atoms with van der Waals surface area (Å²) in [7, 11) is 2.05. The van der Waals surface area contributed by atoms with Crippen LogP contribution in [-0.2, 0) is 22.6 Å². The molecule has 2 aliphatic heterocycles. The molecule has 0 bridgehead atoms. The van der Waals surface area contributed by atoms with E-state index in [2.05, 4.69) is 22.6 Å². The molecule has 1 atom stereocenters. The highest BCUT2D eigenvalue weighted by atomic mass is 16.2. The van der Waals surface area contributed by atoms with Crippen molar-refractivity contribution in [2.75, 3.05) is 13.6 Å². The number of rotatable bonds is 2. The van der Waals surface area contributed by atoms with Crippen LogP contribution in [0.1, 0.15) is 34.3 Å². The van der Waals surface area contributed by atoms with Crippen molar-refractivity contribution in [3.05, 3.63) is 34.9 Å². The Hall–Kier alpha value is -2.21.